The molecule has 1 saturated carbocycles. The van der Waals surface area contributed by atoms with Crippen LogP contribution in [0.25, 0.3) is 0 Å². The second-order valence-electron chi connectivity index (χ2n) is 5.39. The molecule has 0 amide bonds. The van der Waals surface area contributed by atoms with Crippen LogP contribution in [0.2, 0.25) is 0 Å². The Bertz CT molecular complexity index is 523. The van der Waals surface area contributed by atoms with Crippen molar-refractivity contribution in [2.24, 2.45) is 5.92 Å². The highest BCUT2D eigenvalue weighted by molar-refractivity contribution is 5.82. The molecule has 1 fully saturated rings. The van der Waals surface area contributed by atoms with Gasteiger partial charge in [0, 0.05) is 0 Å². The Morgan fingerprint density at radius 2 is 2.05 bits per heavy atom. The van der Waals surface area contributed by atoms with E-state index in [9.17, 15) is 20.0 Å². The van der Waals surface area contributed by atoms with Crippen LogP contribution < -0.4 is 5.32 Å². The lowest BCUT2D eigenvalue weighted by Crippen LogP contribution is -2.49. The quantitative estimate of drug-likeness (QED) is 0.631. The highest BCUT2D eigenvalue weighted by Crippen LogP contribution is 2.35. The Labute approximate surface area is 121 Å². The molecular formula is C13H18N4O4. The van der Waals surface area contributed by atoms with Gasteiger partial charge in [0.05, 0.1) is 4.92 Å². The molecule has 1 aromatic heterocycles. The van der Waals surface area contributed by atoms with Crippen molar-refractivity contribution in [2.75, 3.05) is 5.32 Å². The average molecular weight is 294 g/mol. The zero-order chi connectivity index (χ0) is 15.5. The number of nitro groups is 1. The number of carboxylic acids is 1. The van der Waals surface area contributed by atoms with Crippen LogP contribution in [0.15, 0.2) is 12.4 Å². The van der Waals surface area contributed by atoms with Crippen molar-refractivity contribution in [1.29, 1.82) is 0 Å². The minimum absolute atomic E-state index is 0.109. The van der Waals surface area contributed by atoms with Crippen molar-refractivity contribution in [1.82, 2.24) is 9.97 Å². The molecule has 1 aromatic rings. The first-order valence-corrected chi connectivity index (χ1v) is 6.95. The summed E-state index contributed by atoms with van der Waals surface area (Å²) in [6.07, 6.45) is 5.86. The van der Waals surface area contributed by atoms with Crippen molar-refractivity contribution in [3.63, 3.8) is 0 Å². The summed E-state index contributed by atoms with van der Waals surface area (Å²) in [5.74, 6) is -0.269. The number of carbonyl (C=O) groups is 1. The molecule has 0 saturated heterocycles. The van der Waals surface area contributed by atoms with Gasteiger partial charge in [-0.25, -0.2) is 14.8 Å². The molecule has 0 unspecified atom stereocenters. The Balaban J connectivity index is 2.13. The maximum Gasteiger partial charge on any atom is 0.329 e. The first-order valence-electron chi connectivity index (χ1n) is 6.95. The standard InChI is InChI=1S/C13H18N4O4/c1-2-9-3-5-13(6-4-9,11(18)19)16-12-14-7-10(8-15-12)17(20)21/h7-9H,2-6H2,1H3,(H,18,19)(H,14,15,16). The fourth-order valence-corrected chi connectivity index (χ4v) is 2.67. The summed E-state index contributed by atoms with van der Waals surface area (Å²) < 4.78 is 0. The monoisotopic (exact) mass is 294 g/mol. The van der Waals surface area contributed by atoms with E-state index in [-0.39, 0.29) is 11.6 Å². The summed E-state index contributed by atoms with van der Waals surface area (Å²) in [4.78, 5) is 29.3. The van der Waals surface area contributed by atoms with E-state index in [1.165, 1.54) is 0 Å². The molecule has 1 aliphatic rings. The predicted molar refractivity (Wildman–Crippen MR) is 74.9 cm³/mol. The first kappa shape index (κ1) is 15.1. The van der Waals surface area contributed by atoms with Crippen molar-refractivity contribution in [3.05, 3.63) is 22.5 Å². The van der Waals surface area contributed by atoms with Gasteiger partial charge in [0.25, 0.3) is 0 Å². The Morgan fingerprint density at radius 1 is 1.48 bits per heavy atom. The molecule has 1 aliphatic carbocycles. The third-order valence-electron chi connectivity index (χ3n) is 4.15. The highest BCUT2D eigenvalue weighted by Gasteiger charge is 2.42. The van der Waals surface area contributed by atoms with Crippen LogP contribution in [0.1, 0.15) is 39.0 Å². The topological polar surface area (TPSA) is 118 Å². The molecule has 1 heterocycles. The largest absolute Gasteiger partial charge is 0.480 e. The van der Waals surface area contributed by atoms with Gasteiger partial charge in [0.1, 0.15) is 17.9 Å². The molecule has 114 valence electrons. The number of hydrogen-bond acceptors (Lipinski definition) is 6. The maximum absolute atomic E-state index is 11.6. The molecule has 21 heavy (non-hydrogen) atoms. The fourth-order valence-electron chi connectivity index (χ4n) is 2.67. The maximum atomic E-state index is 11.6. The number of aliphatic carboxylic acids is 1. The van der Waals surface area contributed by atoms with Gasteiger partial charge in [0.2, 0.25) is 5.95 Å². The van der Waals surface area contributed by atoms with Crippen LogP contribution in [0, 0.1) is 16.0 Å². The molecule has 0 aromatic carbocycles. The van der Waals surface area contributed by atoms with Crippen LogP contribution in [0.5, 0.6) is 0 Å². The molecule has 0 atom stereocenters. The molecule has 2 N–H and O–H groups in total. The Hall–Kier alpha value is -2.25. The minimum atomic E-state index is -1.08. The van der Waals surface area contributed by atoms with E-state index in [0.717, 1.165) is 31.7 Å². The van der Waals surface area contributed by atoms with E-state index in [2.05, 4.69) is 22.2 Å². The summed E-state index contributed by atoms with van der Waals surface area (Å²) in [5, 5.41) is 22.9. The average Bonchev–Trinajstić information content (AvgIpc) is 2.48. The predicted octanol–water partition coefficient (Wildman–Crippen LogP) is 2.22. The van der Waals surface area contributed by atoms with Crippen LogP contribution >= 0.6 is 0 Å². The molecule has 2 rings (SSSR count). The lowest BCUT2D eigenvalue weighted by Gasteiger charge is -2.37. The van der Waals surface area contributed by atoms with Gasteiger partial charge in [-0.05, 0) is 31.6 Å². The molecule has 0 aliphatic heterocycles. The van der Waals surface area contributed by atoms with Gasteiger partial charge < -0.3 is 10.4 Å². The zero-order valence-corrected chi connectivity index (χ0v) is 11.8. The fraction of sp³-hybridized carbons (Fsp3) is 0.615. The lowest BCUT2D eigenvalue weighted by atomic mass is 9.75. The Morgan fingerprint density at radius 3 is 2.48 bits per heavy atom. The van der Waals surface area contributed by atoms with E-state index >= 15 is 0 Å². The molecular weight excluding hydrogens is 276 g/mol. The van der Waals surface area contributed by atoms with Crippen molar-refractivity contribution < 1.29 is 14.8 Å². The molecule has 8 nitrogen and oxygen atoms in total. The van der Waals surface area contributed by atoms with Gasteiger partial charge in [0.15, 0.2) is 0 Å². The number of rotatable bonds is 5. The van der Waals surface area contributed by atoms with E-state index < -0.39 is 16.4 Å². The summed E-state index contributed by atoms with van der Waals surface area (Å²) in [6.45, 7) is 2.10. The third kappa shape index (κ3) is 3.26. The van der Waals surface area contributed by atoms with E-state index in [0.29, 0.717) is 18.8 Å². The number of nitrogens with one attached hydrogen (secondary N) is 1. The summed E-state index contributed by atoms with van der Waals surface area (Å²) in [5.41, 5.74) is -1.30. The second kappa shape index (κ2) is 6.02. The van der Waals surface area contributed by atoms with Crippen molar-refractivity contribution in [3.8, 4) is 0 Å². The van der Waals surface area contributed by atoms with Crippen LogP contribution in [-0.2, 0) is 4.79 Å². The van der Waals surface area contributed by atoms with Crippen LogP contribution in [0.4, 0.5) is 11.6 Å². The smallest absolute Gasteiger partial charge is 0.329 e. The molecule has 0 spiro atoms. The van der Waals surface area contributed by atoms with Crippen molar-refractivity contribution >= 4 is 17.6 Å². The first-order chi connectivity index (χ1) is 9.97. The van der Waals surface area contributed by atoms with Crippen LogP contribution in [-0.4, -0.2) is 31.5 Å². The highest BCUT2D eigenvalue weighted by atomic mass is 16.6. The number of anilines is 1. The van der Waals surface area contributed by atoms with E-state index in [4.69, 9.17) is 0 Å². The van der Waals surface area contributed by atoms with Crippen molar-refractivity contribution in [2.45, 2.75) is 44.6 Å². The SMILES string of the molecule is CCC1CCC(Nc2ncc([N+](=O)[O-])cn2)(C(=O)O)CC1. The number of carboxylic acid groups (broad SMARTS) is 1. The van der Waals surface area contributed by atoms with Gasteiger partial charge in [-0.3, -0.25) is 10.1 Å². The Kier molecular flexibility index (Phi) is 4.35. The van der Waals surface area contributed by atoms with Gasteiger partial charge in [-0.1, -0.05) is 13.3 Å². The van der Waals surface area contributed by atoms with E-state index in [1.807, 2.05) is 0 Å². The van der Waals surface area contributed by atoms with Gasteiger partial charge in [-0.2, -0.15) is 0 Å². The third-order valence-corrected chi connectivity index (χ3v) is 4.15. The van der Waals surface area contributed by atoms with Gasteiger partial charge >= 0.3 is 11.7 Å². The number of nitrogens with zero attached hydrogens (tertiary/aromatic N) is 3. The number of hydrogen-bond donors (Lipinski definition) is 2. The molecule has 0 radical (unpaired) electrons. The molecule has 0 bridgehead atoms. The molecule has 8 heteroatoms. The summed E-state index contributed by atoms with van der Waals surface area (Å²) >= 11 is 0. The minimum Gasteiger partial charge on any atom is -0.480 e. The summed E-state index contributed by atoms with van der Waals surface area (Å²) in [7, 11) is 0. The number of aromatic nitrogens is 2. The second-order valence-corrected chi connectivity index (χ2v) is 5.39. The van der Waals surface area contributed by atoms with E-state index in [1.54, 1.807) is 0 Å². The zero-order valence-electron chi connectivity index (χ0n) is 11.8. The normalized spacial score (nSPS) is 25.3. The van der Waals surface area contributed by atoms with Crippen LogP contribution in [0.3, 0.4) is 0 Å². The lowest BCUT2D eigenvalue weighted by molar-refractivity contribution is -0.385. The summed E-state index contributed by atoms with van der Waals surface area (Å²) in [6, 6.07) is 0. The van der Waals surface area contributed by atoms with Gasteiger partial charge in [-0.15, -0.1) is 0 Å².